The molecular weight excluding hydrogens is 484 g/mol. The van der Waals surface area contributed by atoms with Gasteiger partial charge in [-0.3, -0.25) is 9.36 Å². The lowest BCUT2D eigenvalue weighted by Gasteiger charge is -2.45. The zero-order valence-electron chi connectivity index (χ0n) is 20.4. The number of benzene rings is 1. The summed E-state index contributed by atoms with van der Waals surface area (Å²) in [7, 11) is 0. The number of alkyl halides is 2. The van der Waals surface area contributed by atoms with Gasteiger partial charge in [0.15, 0.2) is 11.6 Å². The standard InChI is InChI=1S/C25H29F2N7O3/c26-22(27)24-30-18-3-1-2-4-19(18)34(24)25-29-12-20-23(31-25)33-7-10-37-15-17(33)13-32(20)14-21(35)28-11-16-5-8-36-9-6-16/h1-4,12,16-17,22H,5-11,13-15H2,(H,28,35). The number of para-hydroxylation sites is 2. The van der Waals surface area contributed by atoms with E-state index < -0.39 is 12.2 Å². The summed E-state index contributed by atoms with van der Waals surface area (Å²) < 4.78 is 40.3. The van der Waals surface area contributed by atoms with Crippen LogP contribution in [0, 0.1) is 5.92 Å². The van der Waals surface area contributed by atoms with Crippen molar-refractivity contribution < 1.29 is 23.0 Å². The third-order valence-electron chi connectivity index (χ3n) is 7.25. The van der Waals surface area contributed by atoms with Crippen LogP contribution in [0.5, 0.6) is 0 Å². The third-order valence-corrected chi connectivity index (χ3v) is 7.25. The van der Waals surface area contributed by atoms with E-state index >= 15 is 0 Å². The van der Waals surface area contributed by atoms with Gasteiger partial charge in [-0.2, -0.15) is 4.98 Å². The van der Waals surface area contributed by atoms with Crippen LogP contribution in [0.1, 0.15) is 25.1 Å². The first-order valence-electron chi connectivity index (χ1n) is 12.6. The number of hydrogen-bond acceptors (Lipinski definition) is 8. The number of nitrogens with one attached hydrogen (secondary N) is 1. The van der Waals surface area contributed by atoms with E-state index in [0.29, 0.717) is 61.3 Å². The van der Waals surface area contributed by atoms with Crippen LogP contribution in [0.15, 0.2) is 30.5 Å². The number of carbonyl (C=O) groups is 1. The molecule has 2 saturated heterocycles. The van der Waals surface area contributed by atoms with Crippen molar-refractivity contribution in [1.29, 1.82) is 0 Å². The Hall–Kier alpha value is -3.38. The van der Waals surface area contributed by atoms with E-state index in [9.17, 15) is 13.6 Å². The van der Waals surface area contributed by atoms with Gasteiger partial charge in [-0.05, 0) is 30.9 Å². The maximum Gasteiger partial charge on any atom is 0.296 e. The molecule has 1 atom stereocenters. The summed E-state index contributed by atoms with van der Waals surface area (Å²) in [5.41, 5.74) is 1.66. The van der Waals surface area contributed by atoms with Crippen molar-refractivity contribution in [3.8, 4) is 5.95 Å². The second kappa shape index (κ2) is 10.2. The number of imidazole rings is 1. The van der Waals surface area contributed by atoms with Gasteiger partial charge in [-0.1, -0.05) is 12.1 Å². The monoisotopic (exact) mass is 513 g/mol. The molecule has 0 spiro atoms. The average Bonchev–Trinajstić information content (AvgIpc) is 3.32. The van der Waals surface area contributed by atoms with Crippen LogP contribution in [0.3, 0.4) is 0 Å². The molecule has 1 unspecified atom stereocenters. The minimum atomic E-state index is -2.79. The number of fused-ring (bicyclic) bond motifs is 4. The fraction of sp³-hybridized carbons (Fsp3) is 0.520. The highest BCUT2D eigenvalue weighted by Crippen LogP contribution is 2.36. The maximum atomic E-state index is 13.9. The van der Waals surface area contributed by atoms with Crippen LogP contribution >= 0.6 is 0 Å². The maximum absolute atomic E-state index is 13.9. The molecular formula is C25H29F2N7O3. The molecule has 0 aliphatic carbocycles. The van der Waals surface area contributed by atoms with Crippen molar-refractivity contribution >= 4 is 28.4 Å². The minimum absolute atomic E-state index is 0.0126. The van der Waals surface area contributed by atoms with E-state index in [-0.39, 0.29) is 24.4 Å². The van der Waals surface area contributed by atoms with Crippen LogP contribution in [0.4, 0.5) is 20.3 Å². The number of ether oxygens (including phenoxy) is 2. The Morgan fingerprint density at radius 1 is 1.14 bits per heavy atom. The Bertz CT molecular complexity index is 1280. The van der Waals surface area contributed by atoms with E-state index in [1.54, 1.807) is 30.5 Å². The largest absolute Gasteiger partial charge is 0.381 e. The van der Waals surface area contributed by atoms with Gasteiger partial charge in [0.25, 0.3) is 6.43 Å². The summed E-state index contributed by atoms with van der Waals surface area (Å²) in [6.45, 7) is 4.47. The normalized spacial score (nSPS) is 20.2. The summed E-state index contributed by atoms with van der Waals surface area (Å²) in [6.07, 6.45) is 0.723. The van der Waals surface area contributed by atoms with Gasteiger partial charge < -0.3 is 24.6 Å². The molecule has 6 rings (SSSR count). The third kappa shape index (κ3) is 4.71. The van der Waals surface area contributed by atoms with Crippen LogP contribution in [-0.2, 0) is 14.3 Å². The number of morpholine rings is 1. The quantitative estimate of drug-likeness (QED) is 0.537. The summed E-state index contributed by atoms with van der Waals surface area (Å²) in [5, 5.41) is 3.06. The lowest BCUT2D eigenvalue weighted by atomic mass is 10.0. The molecule has 2 aromatic heterocycles. The molecule has 3 aromatic rings. The molecule has 37 heavy (non-hydrogen) atoms. The molecule has 2 fully saturated rings. The van der Waals surface area contributed by atoms with Crippen molar-refractivity contribution in [2.24, 2.45) is 5.92 Å². The highest BCUT2D eigenvalue weighted by Gasteiger charge is 2.36. The predicted octanol–water partition coefficient (Wildman–Crippen LogP) is 2.32. The Labute approximate surface area is 212 Å². The van der Waals surface area contributed by atoms with Crippen molar-refractivity contribution in [3.63, 3.8) is 0 Å². The molecule has 1 aromatic carbocycles. The van der Waals surface area contributed by atoms with E-state index in [1.165, 1.54) is 4.57 Å². The van der Waals surface area contributed by atoms with Gasteiger partial charge in [-0.25, -0.2) is 18.7 Å². The first-order chi connectivity index (χ1) is 18.1. The number of aromatic nitrogens is 4. The first kappa shape index (κ1) is 24.0. The summed E-state index contributed by atoms with van der Waals surface area (Å²) >= 11 is 0. The lowest BCUT2D eigenvalue weighted by molar-refractivity contribution is -0.120. The molecule has 5 heterocycles. The van der Waals surface area contributed by atoms with Crippen molar-refractivity contribution in [1.82, 2.24) is 24.8 Å². The van der Waals surface area contributed by atoms with Gasteiger partial charge >= 0.3 is 0 Å². The Kier molecular flexibility index (Phi) is 6.59. The van der Waals surface area contributed by atoms with Crippen molar-refractivity contribution in [2.45, 2.75) is 25.3 Å². The second-order valence-corrected chi connectivity index (χ2v) is 9.64. The lowest BCUT2D eigenvalue weighted by Crippen LogP contribution is -2.57. The van der Waals surface area contributed by atoms with Crippen LogP contribution in [-0.4, -0.2) is 84.1 Å². The molecule has 0 bridgehead atoms. The Balaban J connectivity index is 1.31. The summed E-state index contributed by atoms with van der Waals surface area (Å²) in [6, 6.07) is 6.93. The van der Waals surface area contributed by atoms with Crippen molar-refractivity contribution in [3.05, 3.63) is 36.3 Å². The number of carbonyl (C=O) groups excluding carboxylic acids is 1. The van der Waals surface area contributed by atoms with Gasteiger partial charge in [-0.15, -0.1) is 0 Å². The Morgan fingerprint density at radius 2 is 1.97 bits per heavy atom. The number of amides is 1. The van der Waals surface area contributed by atoms with E-state index in [1.807, 2.05) is 4.90 Å². The van der Waals surface area contributed by atoms with E-state index in [2.05, 4.69) is 20.2 Å². The number of rotatable bonds is 6. The number of nitrogens with zero attached hydrogens (tertiary/aromatic N) is 6. The van der Waals surface area contributed by atoms with Gasteiger partial charge in [0.05, 0.1) is 48.7 Å². The van der Waals surface area contributed by atoms with Crippen LogP contribution in [0.25, 0.3) is 17.0 Å². The average molecular weight is 514 g/mol. The van der Waals surface area contributed by atoms with E-state index in [4.69, 9.17) is 14.5 Å². The number of anilines is 2. The van der Waals surface area contributed by atoms with Gasteiger partial charge in [0.2, 0.25) is 11.9 Å². The molecule has 1 N–H and O–H groups in total. The van der Waals surface area contributed by atoms with Crippen LogP contribution < -0.4 is 15.1 Å². The molecule has 3 aliphatic rings. The zero-order valence-corrected chi connectivity index (χ0v) is 20.4. The zero-order chi connectivity index (χ0) is 25.4. The predicted molar refractivity (Wildman–Crippen MR) is 132 cm³/mol. The molecule has 3 aliphatic heterocycles. The van der Waals surface area contributed by atoms with Gasteiger partial charge in [0.1, 0.15) is 0 Å². The molecule has 12 heteroatoms. The number of halogens is 2. The highest BCUT2D eigenvalue weighted by atomic mass is 19.3. The minimum Gasteiger partial charge on any atom is -0.381 e. The molecule has 0 saturated carbocycles. The fourth-order valence-corrected chi connectivity index (χ4v) is 5.33. The van der Waals surface area contributed by atoms with Gasteiger partial charge in [0, 0.05) is 32.8 Å². The molecule has 10 nitrogen and oxygen atoms in total. The molecule has 1 amide bonds. The van der Waals surface area contributed by atoms with Crippen LogP contribution in [0.2, 0.25) is 0 Å². The SMILES string of the molecule is O=C(CN1CC2COCCN2c2nc(-n3c(C(F)F)nc4ccccc43)ncc21)NCC1CCOCC1. The number of hydrogen-bond donors (Lipinski definition) is 1. The Morgan fingerprint density at radius 3 is 2.81 bits per heavy atom. The highest BCUT2D eigenvalue weighted by molar-refractivity contribution is 5.84. The smallest absolute Gasteiger partial charge is 0.296 e. The molecule has 0 radical (unpaired) electrons. The summed E-state index contributed by atoms with van der Waals surface area (Å²) in [4.78, 5) is 30.3. The first-order valence-corrected chi connectivity index (χ1v) is 12.6. The fourth-order valence-electron chi connectivity index (χ4n) is 5.33. The van der Waals surface area contributed by atoms with E-state index in [0.717, 1.165) is 26.1 Å². The second-order valence-electron chi connectivity index (χ2n) is 9.64. The molecule has 196 valence electrons. The van der Waals surface area contributed by atoms with Crippen molar-refractivity contribution in [2.75, 3.05) is 62.4 Å². The topological polar surface area (TPSA) is 97.6 Å². The summed E-state index contributed by atoms with van der Waals surface area (Å²) in [5.74, 6) is 0.680.